The van der Waals surface area contributed by atoms with E-state index in [9.17, 15) is 13.2 Å². The summed E-state index contributed by atoms with van der Waals surface area (Å²) in [7, 11) is 0. The lowest BCUT2D eigenvalue weighted by Gasteiger charge is -2.16. The molecule has 0 amide bonds. The standard InChI is InChI=1S/C13H18F3NO/c1-3-6-18-8-12(17)11-5-4-10(7-9(11)2)13(14,15)16/h4-5,7,12H,3,6,8,17H2,1-2H3. The highest BCUT2D eigenvalue weighted by Gasteiger charge is 2.30. The third kappa shape index (κ3) is 3.99. The van der Waals surface area contributed by atoms with E-state index in [0.717, 1.165) is 18.6 Å². The molecular formula is C13H18F3NO. The van der Waals surface area contributed by atoms with Crippen molar-refractivity contribution < 1.29 is 17.9 Å². The van der Waals surface area contributed by atoms with Gasteiger partial charge in [-0.25, -0.2) is 0 Å². The van der Waals surface area contributed by atoms with Crippen LogP contribution in [0, 0.1) is 6.92 Å². The first-order valence-corrected chi connectivity index (χ1v) is 5.87. The van der Waals surface area contributed by atoms with Gasteiger partial charge < -0.3 is 10.5 Å². The van der Waals surface area contributed by atoms with Gasteiger partial charge in [-0.3, -0.25) is 0 Å². The van der Waals surface area contributed by atoms with E-state index in [1.165, 1.54) is 6.07 Å². The third-order valence-electron chi connectivity index (χ3n) is 2.64. The van der Waals surface area contributed by atoms with Gasteiger partial charge >= 0.3 is 6.18 Å². The maximum absolute atomic E-state index is 12.5. The minimum atomic E-state index is -4.31. The Kier molecular flexibility index (Phi) is 5.16. The van der Waals surface area contributed by atoms with Crippen molar-refractivity contribution in [1.82, 2.24) is 0 Å². The molecular weight excluding hydrogens is 243 g/mol. The van der Waals surface area contributed by atoms with Crippen molar-refractivity contribution >= 4 is 0 Å². The minimum Gasteiger partial charge on any atom is -0.379 e. The quantitative estimate of drug-likeness (QED) is 0.824. The Morgan fingerprint density at radius 3 is 2.50 bits per heavy atom. The van der Waals surface area contributed by atoms with E-state index in [2.05, 4.69) is 0 Å². The van der Waals surface area contributed by atoms with E-state index < -0.39 is 11.7 Å². The van der Waals surface area contributed by atoms with E-state index in [1.807, 2.05) is 6.92 Å². The fraction of sp³-hybridized carbons (Fsp3) is 0.538. The number of hydrogen-bond acceptors (Lipinski definition) is 2. The first-order valence-electron chi connectivity index (χ1n) is 5.87. The molecule has 0 fully saturated rings. The van der Waals surface area contributed by atoms with Crippen LogP contribution in [0.5, 0.6) is 0 Å². The highest BCUT2D eigenvalue weighted by atomic mass is 19.4. The summed E-state index contributed by atoms with van der Waals surface area (Å²) >= 11 is 0. The monoisotopic (exact) mass is 261 g/mol. The van der Waals surface area contributed by atoms with Gasteiger partial charge in [0.05, 0.1) is 18.2 Å². The highest BCUT2D eigenvalue weighted by Crippen LogP contribution is 2.31. The number of halogens is 3. The van der Waals surface area contributed by atoms with Crippen LogP contribution in [-0.4, -0.2) is 13.2 Å². The molecule has 1 atom stereocenters. The van der Waals surface area contributed by atoms with Crippen LogP contribution in [0.1, 0.15) is 36.1 Å². The Balaban J connectivity index is 2.79. The second-order valence-electron chi connectivity index (χ2n) is 4.25. The Bertz CT molecular complexity index is 390. The molecule has 2 nitrogen and oxygen atoms in total. The molecule has 1 unspecified atom stereocenters. The van der Waals surface area contributed by atoms with Gasteiger partial charge in [-0.15, -0.1) is 0 Å². The number of hydrogen-bond donors (Lipinski definition) is 1. The normalized spacial score (nSPS) is 13.7. The molecule has 102 valence electrons. The van der Waals surface area contributed by atoms with E-state index in [4.69, 9.17) is 10.5 Å². The van der Waals surface area contributed by atoms with Gasteiger partial charge in [-0.05, 0) is 36.6 Å². The van der Waals surface area contributed by atoms with E-state index in [0.29, 0.717) is 24.3 Å². The average molecular weight is 261 g/mol. The predicted molar refractivity (Wildman–Crippen MR) is 64.2 cm³/mol. The van der Waals surface area contributed by atoms with Crippen molar-refractivity contribution in [3.8, 4) is 0 Å². The Morgan fingerprint density at radius 1 is 1.33 bits per heavy atom. The summed E-state index contributed by atoms with van der Waals surface area (Å²) in [5.41, 5.74) is 6.47. The van der Waals surface area contributed by atoms with Crippen LogP contribution < -0.4 is 5.73 Å². The Morgan fingerprint density at radius 2 is 2.00 bits per heavy atom. The number of rotatable bonds is 5. The molecule has 0 radical (unpaired) electrons. The predicted octanol–water partition coefficient (Wildman–Crippen LogP) is 3.44. The maximum Gasteiger partial charge on any atom is 0.416 e. The Labute approximate surface area is 105 Å². The molecule has 0 saturated heterocycles. The third-order valence-corrected chi connectivity index (χ3v) is 2.64. The van der Waals surface area contributed by atoms with Crippen LogP contribution in [0.4, 0.5) is 13.2 Å². The summed E-state index contributed by atoms with van der Waals surface area (Å²) in [6, 6.07) is 3.22. The molecule has 0 spiro atoms. The SMILES string of the molecule is CCCOCC(N)c1ccc(C(F)(F)F)cc1C. The van der Waals surface area contributed by atoms with Crippen LogP contribution in [-0.2, 0) is 10.9 Å². The van der Waals surface area contributed by atoms with E-state index in [-0.39, 0.29) is 6.04 Å². The highest BCUT2D eigenvalue weighted by molar-refractivity contribution is 5.34. The molecule has 0 aliphatic rings. The van der Waals surface area contributed by atoms with Crippen molar-refractivity contribution in [2.24, 2.45) is 5.73 Å². The van der Waals surface area contributed by atoms with Crippen LogP contribution >= 0.6 is 0 Å². The molecule has 0 aromatic heterocycles. The Hall–Kier alpha value is -1.07. The summed E-state index contributed by atoms with van der Waals surface area (Å²) in [6.45, 7) is 4.53. The number of benzene rings is 1. The molecule has 18 heavy (non-hydrogen) atoms. The van der Waals surface area contributed by atoms with Gasteiger partial charge in [0.15, 0.2) is 0 Å². The summed E-state index contributed by atoms with van der Waals surface area (Å²) in [4.78, 5) is 0. The van der Waals surface area contributed by atoms with E-state index >= 15 is 0 Å². The summed E-state index contributed by atoms with van der Waals surface area (Å²) in [5, 5.41) is 0. The first kappa shape index (κ1) is 15.0. The minimum absolute atomic E-state index is 0.319. The topological polar surface area (TPSA) is 35.2 Å². The van der Waals surface area contributed by atoms with Crippen molar-refractivity contribution in [2.75, 3.05) is 13.2 Å². The number of ether oxygens (including phenoxy) is 1. The zero-order valence-electron chi connectivity index (χ0n) is 10.6. The van der Waals surface area contributed by atoms with E-state index in [1.54, 1.807) is 6.92 Å². The molecule has 1 aromatic rings. The van der Waals surface area contributed by atoms with Crippen LogP contribution in [0.15, 0.2) is 18.2 Å². The zero-order chi connectivity index (χ0) is 13.8. The van der Waals surface area contributed by atoms with Gasteiger partial charge in [0.1, 0.15) is 0 Å². The average Bonchev–Trinajstić information content (AvgIpc) is 2.27. The summed E-state index contributed by atoms with van der Waals surface area (Å²) in [5.74, 6) is 0. The summed E-state index contributed by atoms with van der Waals surface area (Å²) in [6.07, 6.45) is -3.43. The fourth-order valence-corrected chi connectivity index (χ4v) is 1.71. The lowest BCUT2D eigenvalue weighted by Crippen LogP contribution is -2.19. The molecule has 0 aliphatic heterocycles. The molecule has 1 rings (SSSR count). The number of nitrogens with two attached hydrogens (primary N) is 1. The van der Waals surface area contributed by atoms with Gasteiger partial charge in [-0.1, -0.05) is 13.0 Å². The molecule has 5 heteroatoms. The van der Waals surface area contributed by atoms with Gasteiger partial charge in [0, 0.05) is 6.61 Å². The molecule has 0 saturated carbocycles. The second kappa shape index (κ2) is 6.20. The second-order valence-corrected chi connectivity index (χ2v) is 4.25. The molecule has 0 heterocycles. The molecule has 2 N–H and O–H groups in total. The molecule has 1 aromatic carbocycles. The molecule has 0 bridgehead atoms. The van der Waals surface area contributed by atoms with Crippen molar-refractivity contribution in [1.29, 1.82) is 0 Å². The smallest absolute Gasteiger partial charge is 0.379 e. The van der Waals surface area contributed by atoms with Gasteiger partial charge in [-0.2, -0.15) is 13.2 Å². The van der Waals surface area contributed by atoms with Crippen LogP contribution in [0.2, 0.25) is 0 Å². The van der Waals surface area contributed by atoms with Gasteiger partial charge in [0.2, 0.25) is 0 Å². The van der Waals surface area contributed by atoms with Crippen molar-refractivity contribution in [3.05, 3.63) is 34.9 Å². The van der Waals surface area contributed by atoms with Crippen molar-refractivity contribution in [2.45, 2.75) is 32.5 Å². The number of aryl methyl sites for hydroxylation is 1. The van der Waals surface area contributed by atoms with Crippen molar-refractivity contribution in [3.63, 3.8) is 0 Å². The first-order chi connectivity index (χ1) is 8.36. The maximum atomic E-state index is 12.5. The van der Waals surface area contributed by atoms with Gasteiger partial charge in [0.25, 0.3) is 0 Å². The summed E-state index contributed by atoms with van der Waals surface area (Å²) < 4.78 is 42.8. The van der Waals surface area contributed by atoms with Crippen LogP contribution in [0.25, 0.3) is 0 Å². The zero-order valence-corrected chi connectivity index (χ0v) is 10.6. The lowest BCUT2D eigenvalue weighted by atomic mass is 9.99. The molecule has 0 aliphatic carbocycles. The lowest BCUT2D eigenvalue weighted by molar-refractivity contribution is -0.137. The van der Waals surface area contributed by atoms with Crippen LogP contribution in [0.3, 0.4) is 0 Å². The number of alkyl halides is 3. The fourth-order valence-electron chi connectivity index (χ4n) is 1.71. The largest absolute Gasteiger partial charge is 0.416 e.